The molecule has 0 heterocycles. The molecule has 0 aliphatic carbocycles. The topological polar surface area (TPSA) is 17.1 Å². The number of carbonyl (C=O) groups is 1. The van der Waals surface area contributed by atoms with Crippen molar-refractivity contribution in [2.75, 3.05) is 5.75 Å². The summed E-state index contributed by atoms with van der Waals surface area (Å²) in [6.45, 7) is 13.4. The van der Waals surface area contributed by atoms with E-state index < -0.39 is 7.81 Å². The van der Waals surface area contributed by atoms with Gasteiger partial charge in [-0.05, 0) is 46.2 Å². The number of hydrogen-bond acceptors (Lipinski definition) is 1. The first-order valence-corrected chi connectivity index (χ1v) is 15.0. The van der Waals surface area contributed by atoms with Crippen LogP contribution in [0.5, 0.6) is 0 Å². The summed E-state index contributed by atoms with van der Waals surface area (Å²) in [5.74, 6) is 0.687. The van der Waals surface area contributed by atoms with Crippen molar-refractivity contribution in [3.05, 3.63) is 95.6 Å². The first-order chi connectivity index (χ1) is 16.5. The summed E-state index contributed by atoms with van der Waals surface area (Å²) in [4.78, 5) is 15.5. The van der Waals surface area contributed by atoms with Crippen LogP contribution in [-0.2, 0) is 21.7 Å². The minimum absolute atomic E-state index is 0.116. The Balaban J connectivity index is 0.000000604. The van der Waals surface area contributed by atoms with E-state index in [0.717, 1.165) is 5.56 Å². The molecule has 0 atom stereocenters. The molecule has 3 aromatic rings. The van der Waals surface area contributed by atoms with E-state index >= 15 is 0 Å². The fourth-order valence-electron chi connectivity index (χ4n) is 3.38. The van der Waals surface area contributed by atoms with Crippen LogP contribution in [0, 0.1) is 0 Å². The molecule has 0 fully saturated rings. The van der Waals surface area contributed by atoms with Gasteiger partial charge >= 0.3 is 33.0 Å². The van der Waals surface area contributed by atoms with Crippen LogP contribution in [0.3, 0.4) is 0 Å². The number of rotatable bonds is 5. The molecule has 0 amide bonds. The van der Waals surface area contributed by atoms with Crippen molar-refractivity contribution >= 4 is 24.5 Å². The van der Waals surface area contributed by atoms with Gasteiger partial charge < -0.3 is 0 Å². The molecule has 0 aromatic heterocycles. The van der Waals surface area contributed by atoms with Crippen molar-refractivity contribution in [3.63, 3.8) is 0 Å². The van der Waals surface area contributed by atoms with Crippen LogP contribution in [-0.4, -0.2) is 11.5 Å². The average Bonchev–Trinajstić information content (AvgIpc) is 2.75. The maximum absolute atomic E-state index is 13.1. The molecule has 0 spiro atoms. The SMILES string of the molecule is CC(C)(C)c1ccc([S+](CC(=O)c2ccccc2)c2ccc(C(C)(C)C)cc2)cc1.F[P-](F)(F)(F)(F)F. The van der Waals surface area contributed by atoms with Crippen LogP contribution in [0.25, 0.3) is 0 Å². The van der Waals surface area contributed by atoms with Crippen LogP contribution >= 0.6 is 7.81 Å². The molecule has 9 heteroatoms. The third-order valence-corrected chi connectivity index (χ3v) is 7.61. The predicted octanol–water partition coefficient (Wildman–Crippen LogP) is 10.6. The van der Waals surface area contributed by atoms with Crippen molar-refractivity contribution < 1.29 is 30.0 Å². The van der Waals surface area contributed by atoms with E-state index in [4.69, 9.17) is 0 Å². The summed E-state index contributed by atoms with van der Waals surface area (Å²) in [5.41, 5.74) is 3.64. The predicted molar refractivity (Wildman–Crippen MR) is 143 cm³/mol. The Morgan fingerprint density at radius 3 is 1.24 bits per heavy atom. The molecule has 0 radical (unpaired) electrons. The van der Waals surface area contributed by atoms with Crippen molar-refractivity contribution in [2.24, 2.45) is 0 Å². The molecule has 0 N–H and O–H groups in total. The van der Waals surface area contributed by atoms with Crippen LogP contribution in [0.2, 0.25) is 0 Å². The Bertz CT molecular complexity index is 1120. The molecule has 37 heavy (non-hydrogen) atoms. The summed E-state index contributed by atoms with van der Waals surface area (Å²) in [6, 6.07) is 27.3. The van der Waals surface area contributed by atoms with Gasteiger partial charge in [-0.1, -0.05) is 96.1 Å². The van der Waals surface area contributed by atoms with Crippen LogP contribution in [0.4, 0.5) is 25.2 Å². The molecule has 204 valence electrons. The molecule has 0 bridgehead atoms. The average molecular weight is 563 g/mol. The molecule has 1 nitrogen and oxygen atoms in total. The summed E-state index contributed by atoms with van der Waals surface area (Å²) >= 11 is 0. The number of Topliss-reactive ketones (excluding diaryl/α,β-unsaturated/α-hetero) is 1. The normalized spacial score (nSPS) is 14.3. The second kappa shape index (κ2) is 10.1. The third kappa shape index (κ3) is 11.7. The summed E-state index contributed by atoms with van der Waals surface area (Å²) in [6.07, 6.45) is 0. The fraction of sp³-hybridized carbons (Fsp3) is 0.321. The maximum atomic E-state index is 13.1. The third-order valence-electron chi connectivity index (χ3n) is 5.38. The van der Waals surface area contributed by atoms with E-state index in [-0.39, 0.29) is 27.5 Å². The molecule has 0 aliphatic heterocycles. The van der Waals surface area contributed by atoms with Gasteiger partial charge in [-0.15, -0.1) is 0 Å². The van der Waals surface area contributed by atoms with Gasteiger partial charge in [0.1, 0.15) is 0 Å². The molecule has 0 aliphatic rings. The van der Waals surface area contributed by atoms with Crippen molar-refractivity contribution in [2.45, 2.75) is 62.2 Å². The van der Waals surface area contributed by atoms with E-state index in [1.807, 2.05) is 30.3 Å². The van der Waals surface area contributed by atoms with Crippen LogP contribution in [0.1, 0.15) is 63.0 Å². The molecule has 0 saturated heterocycles. The van der Waals surface area contributed by atoms with Crippen LogP contribution in [0.15, 0.2) is 88.7 Å². The zero-order valence-electron chi connectivity index (χ0n) is 21.7. The van der Waals surface area contributed by atoms with Gasteiger partial charge in [0, 0.05) is 5.56 Å². The molecule has 0 saturated carbocycles. The fourth-order valence-corrected chi connectivity index (χ4v) is 5.34. The Morgan fingerprint density at radius 2 is 0.946 bits per heavy atom. The van der Waals surface area contributed by atoms with E-state index in [1.165, 1.54) is 20.9 Å². The first kappa shape index (κ1) is 30.9. The summed E-state index contributed by atoms with van der Waals surface area (Å²) < 4.78 is 59.2. The number of hydrogen-bond donors (Lipinski definition) is 0. The number of ketones is 1. The Morgan fingerprint density at radius 1 is 0.622 bits per heavy atom. The monoisotopic (exact) mass is 562 g/mol. The summed E-state index contributed by atoms with van der Waals surface area (Å²) in [7, 11) is -11.0. The van der Waals surface area contributed by atoms with Gasteiger partial charge in [0.25, 0.3) is 0 Å². The van der Waals surface area contributed by atoms with Crippen molar-refractivity contribution in [1.29, 1.82) is 0 Å². The molecule has 3 rings (SSSR count). The van der Waals surface area contributed by atoms with E-state index in [1.54, 1.807) is 0 Å². The minimum atomic E-state index is -10.7. The van der Waals surface area contributed by atoms with E-state index in [9.17, 15) is 30.0 Å². The molecular weight excluding hydrogens is 529 g/mol. The van der Waals surface area contributed by atoms with Crippen LogP contribution < -0.4 is 0 Å². The molecule has 0 unspecified atom stereocenters. The van der Waals surface area contributed by atoms with Gasteiger partial charge in [-0.3, -0.25) is 4.79 Å². The van der Waals surface area contributed by atoms with E-state index in [0.29, 0.717) is 5.75 Å². The molecule has 3 aromatic carbocycles. The van der Waals surface area contributed by atoms with Gasteiger partial charge in [0.2, 0.25) is 5.78 Å². The van der Waals surface area contributed by atoms with Gasteiger partial charge in [-0.25, -0.2) is 0 Å². The molecular formula is C28H33F6OPS. The zero-order valence-corrected chi connectivity index (χ0v) is 23.5. The first-order valence-electron chi connectivity index (χ1n) is 11.6. The Kier molecular flexibility index (Phi) is 8.44. The number of benzene rings is 3. The van der Waals surface area contributed by atoms with Crippen molar-refractivity contribution in [3.8, 4) is 0 Å². The van der Waals surface area contributed by atoms with Gasteiger partial charge in [-0.2, -0.15) is 0 Å². The van der Waals surface area contributed by atoms with Gasteiger partial charge in [0.15, 0.2) is 15.5 Å². The summed E-state index contributed by atoms with van der Waals surface area (Å²) in [5, 5.41) is 0. The Hall–Kier alpha value is -2.31. The standard InChI is InChI=1S/C28H33OS.F6P/c1-27(2,3)22-12-16-24(17-13-22)30(20-26(29)21-10-8-7-9-11-21)25-18-14-23(15-19-25)28(4,5)6;1-7(2,3,4,5)6/h7-19H,20H2,1-6H3;/q+1;-1. The van der Waals surface area contributed by atoms with E-state index in [2.05, 4.69) is 90.1 Å². The van der Waals surface area contributed by atoms with Crippen molar-refractivity contribution in [1.82, 2.24) is 0 Å². The van der Waals surface area contributed by atoms with Gasteiger partial charge in [0.05, 0.1) is 10.9 Å². The zero-order chi connectivity index (χ0) is 28.3. The second-order valence-electron chi connectivity index (χ2n) is 10.8. The number of carbonyl (C=O) groups excluding carboxylic acids is 1. The second-order valence-corrected chi connectivity index (χ2v) is 14.8. The number of halogens is 6. The Labute approximate surface area is 217 Å². The quantitative estimate of drug-likeness (QED) is 0.131.